The van der Waals surface area contributed by atoms with Crippen LogP contribution in [0.15, 0.2) is 30.3 Å². The summed E-state index contributed by atoms with van der Waals surface area (Å²) in [6.07, 6.45) is 1.07. The van der Waals surface area contributed by atoms with Crippen LogP contribution in [0.4, 0.5) is 0 Å². The van der Waals surface area contributed by atoms with Crippen LogP contribution in [-0.4, -0.2) is 0 Å². The van der Waals surface area contributed by atoms with Gasteiger partial charge in [0.25, 0.3) is 0 Å². The van der Waals surface area contributed by atoms with Crippen molar-refractivity contribution in [1.82, 2.24) is 0 Å². The summed E-state index contributed by atoms with van der Waals surface area (Å²) in [7, 11) is 0. The lowest BCUT2D eigenvalue weighted by Gasteiger charge is -2.36. The van der Waals surface area contributed by atoms with Gasteiger partial charge in [0.2, 0.25) is 0 Å². The molecule has 0 bridgehead atoms. The molecule has 35 heavy (non-hydrogen) atoms. The van der Waals surface area contributed by atoms with Gasteiger partial charge in [-0.2, -0.15) is 0 Å². The molecule has 0 radical (unpaired) electrons. The third kappa shape index (κ3) is 7.02. The molecule has 1 unspecified atom stereocenters. The van der Waals surface area contributed by atoms with Crippen molar-refractivity contribution in [3.05, 3.63) is 69.3 Å². The number of hydrogen-bond donors (Lipinski definition) is 0. The largest absolute Gasteiger partial charge is 0.0582 e. The first-order chi connectivity index (χ1) is 15.4. The number of hydrogen-bond acceptors (Lipinski definition) is 0. The van der Waals surface area contributed by atoms with E-state index in [4.69, 9.17) is 0 Å². The van der Waals surface area contributed by atoms with Gasteiger partial charge in [0.05, 0.1) is 0 Å². The molecule has 0 aliphatic heterocycles. The molecule has 2 aromatic carbocycles. The van der Waals surface area contributed by atoms with Crippen molar-refractivity contribution in [3.8, 4) is 0 Å². The minimum Gasteiger partial charge on any atom is -0.0582 e. The summed E-state index contributed by atoms with van der Waals surface area (Å²) < 4.78 is 0. The molecule has 0 aromatic heterocycles. The molecule has 0 aliphatic rings. The highest BCUT2D eigenvalue weighted by Gasteiger charge is 2.32. The van der Waals surface area contributed by atoms with Gasteiger partial charge in [-0.1, -0.05) is 141 Å². The van der Waals surface area contributed by atoms with Crippen molar-refractivity contribution in [1.29, 1.82) is 0 Å². The second kappa shape index (κ2) is 9.39. The molecule has 2 rings (SSSR count). The van der Waals surface area contributed by atoms with Crippen LogP contribution in [0.5, 0.6) is 0 Å². The summed E-state index contributed by atoms with van der Waals surface area (Å²) >= 11 is 0. The van der Waals surface area contributed by atoms with Gasteiger partial charge in [-0.15, -0.1) is 0 Å². The van der Waals surface area contributed by atoms with E-state index in [0.29, 0.717) is 5.92 Å². The van der Waals surface area contributed by atoms with E-state index in [2.05, 4.69) is 141 Å². The summed E-state index contributed by atoms with van der Waals surface area (Å²) in [5.41, 5.74) is 11.1. The summed E-state index contributed by atoms with van der Waals surface area (Å²) in [6.45, 7) is 37.9. The maximum Gasteiger partial charge on any atom is -0.0126 e. The quantitative estimate of drug-likeness (QED) is 0.413. The normalized spacial score (nSPS) is 14.9. The monoisotopic (exact) mass is 476 g/mol. The van der Waals surface area contributed by atoms with Gasteiger partial charge in [0.15, 0.2) is 0 Å². The molecule has 0 heterocycles. The van der Waals surface area contributed by atoms with E-state index < -0.39 is 0 Å². The van der Waals surface area contributed by atoms with E-state index in [-0.39, 0.29) is 27.1 Å². The molecule has 0 nitrogen and oxygen atoms in total. The van der Waals surface area contributed by atoms with Crippen LogP contribution in [-0.2, 0) is 33.5 Å². The molecular weight excluding hydrogens is 420 g/mol. The summed E-state index contributed by atoms with van der Waals surface area (Å²) in [5.74, 6) is 0.440. The average molecular weight is 477 g/mol. The molecule has 0 saturated heterocycles. The first-order valence-corrected chi connectivity index (χ1v) is 13.8. The third-order valence-electron chi connectivity index (χ3n) is 7.43. The molecule has 0 aliphatic carbocycles. The van der Waals surface area contributed by atoms with E-state index in [0.717, 1.165) is 6.42 Å². The van der Waals surface area contributed by atoms with Gasteiger partial charge in [-0.25, -0.2) is 0 Å². The highest BCUT2D eigenvalue weighted by Crippen LogP contribution is 2.42. The first kappa shape index (κ1) is 29.7. The van der Waals surface area contributed by atoms with Crippen molar-refractivity contribution < 1.29 is 0 Å². The zero-order chi connectivity index (χ0) is 27.4. The van der Waals surface area contributed by atoms with Crippen molar-refractivity contribution >= 4 is 0 Å². The van der Waals surface area contributed by atoms with Crippen molar-refractivity contribution in [2.45, 2.75) is 150 Å². The molecule has 2 aromatic rings. The lowest BCUT2D eigenvalue weighted by atomic mass is 9.69. The molecular formula is C35H56. The number of rotatable bonds is 3. The van der Waals surface area contributed by atoms with Gasteiger partial charge in [0.1, 0.15) is 0 Å². The predicted octanol–water partition coefficient (Wildman–Crippen LogP) is 10.5. The molecule has 0 saturated carbocycles. The number of benzene rings is 2. The molecule has 0 N–H and O–H groups in total. The lowest BCUT2D eigenvalue weighted by molar-refractivity contribution is 0.513. The predicted molar refractivity (Wildman–Crippen MR) is 159 cm³/mol. The molecule has 0 heteroatoms. The van der Waals surface area contributed by atoms with E-state index in [1.165, 1.54) is 33.4 Å². The Morgan fingerprint density at radius 2 is 1.00 bits per heavy atom. The molecule has 1 atom stereocenters. The average Bonchev–Trinajstić information content (AvgIpc) is 2.63. The van der Waals surface area contributed by atoms with E-state index in [1.54, 1.807) is 5.56 Å². The van der Waals surface area contributed by atoms with Crippen molar-refractivity contribution in [2.24, 2.45) is 0 Å². The van der Waals surface area contributed by atoms with E-state index in [9.17, 15) is 0 Å². The maximum atomic E-state index is 2.54. The van der Waals surface area contributed by atoms with E-state index in [1.807, 2.05) is 0 Å². The Bertz CT molecular complexity index is 1030. The Morgan fingerprint density at radius 3 is 1.40 bits per heavy atom. The van der Waals surface area contributed by atoms with Crippen LogP contribution in [0.25, 0.3) is 0 Å². The van der Waals surface area contributed by atoms with Crippen LogP contribution < -0.4 is 0 Å². The molecule has 0 spiro atoms. The van der Waals surface area contributed by atoms with Gasteiger partial charge < -0.3 is 0 Å². The zero-order valence-electron chi connectivity index (χ0n) is 26.2. The third-order valence-corrected chi connectivity index (χ3v) is 7.43. The Hall–Kier alpha value is -1.56. The second-order valence-electron chi connectivity index (χ2n) is 16.2. The van der Waals surface area contributed by atoms with Crippen molar-refractivity contribution in [3.63, 3.8) is 0 Å². The Labute approximate surface area is 219 Å². The minimum absolute atomic E-state index is 0.0915. The second-order valence-corrected chi connectivity index (χ2v) is 16.2. The maximum absolute atomic E-state index is 2.54. The fourth-order valence-electron chi connectivity index (χ4n) is 5.33. The first-order valence-electron chi connectivity index (χ1n) is 13.8. The molecule has 0 amide bonds. The summed E-state index contributed by atoms with van der Waals surface area (Å²) in [4.78, 5) is 0. The Kier molecular flexibility index (Phi) is 7.96. The van der Waals surface area contributed by atoms with Gasteiger partial charge in [-0.05, 0) is 78.4 Å². The highest BCUT2D eigenvalue weighted by molar-refractivity contribution is 5.50. The summed E-state index contributed by atoms with van der Waals surface area (Å²) in [5, 5.41) is 0. The van der Waals surface area contributed by atoms with Crippen LogP contribution in [0.3, 0.4) is 0 Å². The van der Waals surface area contributed by atoms with Crippen LogP contribution >= 0.6 is 0 Å². The Balaban J connectivity index is 2.82. The van der Waals surface area contributed by atoms with Crippen LogP contribution in [0.1, 0.15) is 156 Å². The SMILES string of the molecule is CC(Cc1cc(C(C)(C)C)cc(C(C)(C)C)c1C(C)(C)C)c1cc(C(C)(C)C)ccc1C(C)(C)C. The summed E-state index contributed by atoms with van der Waals surface area (Å²) in [6, 6.07) is 12.3. The van der Waals surface area contributed by atoms with Gasteiger partial charge in [0, 0.05) is 0 Å². The van der Waals surface area contributed by atoms with Gasteiger partial charge >= 0.3 is 0 Å². The minimum atomic E-state index is 0.0915. The lowest BCUT2D eigenvalue weighted by Crippen LogP contribution is -2.27. The molecule has 196 valence electrons. The molecule has 0 fully saturated rings. The smallest absolute Gasteiger partial charge is 0.0126 e. The fourth-order valence-corrected chi connectivity index (χ4v) is 5.33. The zero-order valence-corrected chi connectivity index (χ0v) is 26.2. The Morgan fingerprint density at radius 1 is 0.514 bits per heavy atom. The topological polar surface area (TPSA) is 0 Å². The fraction of sp³-hybridized carbons (Fsp3) is 0.657. The van der Waals surface area contributed by atoms with Crippen LogP contribution in [0.2, 0.25) is 0 Å². The van der Waals surface area contributed by atoms with Crippen LogP contribution in [0, 0.1) is 0 Å². The standard InChI is InChI=1S/C35H56/c1-23(27-21-25(31(2,3)4)17-18-28(27)33(8,9)10)19-24-20-26(32(5,6)7)22-29(34(11,12)13)30(24)35(14,15)16/h17-18,20-23H,19H2,1-16H3. The van der Waals surface area contributed by atoms with Crippen molar-refractivity contribution in [2.75, 3.05) is 0 Å². The van der Waals surface area contributed by atoms with E-state index >= 15 is 0 Å². The highest BCUT2D eigenvalue weighted by atomic mass is 14.4. The van der Waals surface area contributed by atoms with Gasteiger partial charge in [-0.3, -0.25) is 0 Å².